The lowest BCUT2D eigenvalue weighted by Gasteiger charge is -2.38. The summed E-state index contributed by atoms with van der Waals surface area (Å²) in [6.07, 6.45) is 3.40. The number of piperazine rings is 1. The summed E-state index contributed by atoms with van der Waals surface area (Å²) in [5, 5.41) is 13.9. The molecule has 0 saturated carbocycles. The Morgan fingerprint density at radius 1 is 1.21 bits per heavy atom. The third-order valence-corrected chi connectivity index (χ3v) is 7.95. The van der Waals surface area contributed by atoms with Gasteiger partial charge in [-0.25, -0.2) is 14.4 Å². The molecular formula is C26H35Cl3FN5O3. The molecule has 3 aliphatic rings. The average Bonchev–Trinajstić information content (AvgIpc) is 3.20. The molecule has 1 aromatic carbocycles. The van der Waals surface area contributed by atoms with Gasteiger partial charge in [0.25, 0.3) is 0 Å². The third-order valence-electron chi connectivity index (χ3n) is 7.65. The molecule has 2 fully saturated rings. The van der Waals surface area contributed by atoms with E-state index in [4.69, 9.17) is 16.3 Å². The summed E-state index contributed by atoms with van der Waals surface area (Å²) in [7, 11) is 0. The molecule has 2 N–H and O–H groups in total. The van der Waals surface area contributed by atoms with E-state index in [0.717, 1.165) is 29.9 Å². The number of aliphatic hydroxyl groups is 1. The van der Waals surface area contributed by atoms with Gasteiger partial charge < -0.3 is 25.0 Å². The number of aliphatic hydroxyl groups excluding tert-OH is 1. The quantitative estimate of drug-likeness (QED) is 0.528. The first-order valence-electron chi connectivity index (χ1n) is 12.7. The number of hydrogen-bond acceptors (Lipinski definition) is 7. The van der Waals surface area contributed by atoms with E-state index >= 15 is 0 Å². The van der Waals surface area contributed by atoms with Crippen LogP contribution in [0, 0.1) is 5.82 Å². The highest BCUT2D eigenvalue weighted by Gasteiger charge is 2.35. The smallest absolute Gasteiger partial charge is 0.231 e. The van der Waals surface area contributed by atoms with Gasteiger partial charge >= 0.3 is 0 Å². The van der Waals surface area contributed by atoms with Gasteiger partial charge in [-0.05, 0) is 42.9 Å². The van der Waals surface area contributed by atoms with Gasteiger partial charge in [0.05, 0.1) is 22.7 Å². The van der Waals surface area contributed by atoms with Crippen LogP contribution in [0.1, 0.15) is 60.9 Å². The molecule has 3 atom stereocenters. The van der Waals surface area contributed by atoms with E-state index in [9.17, 15) is 14.3 Å². The van der Waals surface area contributed by atoms with E-state index in [1.165, 1.54) is 18.5 Å². The van der Waals surface area contributed by atoms with Crippen LogP contribution in [0.25, 0.3) is 0 Å². The number of ether oxygens (including phenoxy) is 1. The molecule has 38 heavy (non-hydrogen) atoms. The van der Waals surface area contributed by atoms with E-state index in [1.807, 2.05) is 4.90 Å². The molecule has 1 aliphatic carbocycles. The standard InChI is InChI=1S/C26H33ClFN5O3.2ClH/c1-16-12-22(34)24-23(16)25(31-15-30-24)32-6-8-33(9-7-32)26(35)19(14-29-18-4-10-36-11-5-18)17-2-3-20(27)21(28)13-17;;/h2-3,13,15-16,18-19,22,29,34H,4-12,14H2,1H3;2*1H/t16-,19-,22-;;/m1../s1. The Hall–Kier alpha value is -1.75. The summed E-state index contributed by atoms with van der Waals surface area (Å²) >= 11 is 5.91. The van der Waals surface area contributed by atoms with E-state index in [0.29, 0.717) is 57.9 Å². The van der Waals surface area contributed by atoms with Gasteiger partial charge in [-0.1, -0.05) is 24.6 Å². The summed E-state index contributed by atoms with van der Waals surface area (Å²) in [4.78, 5) is 26.6. The Morgan fingerprint density at radius 3 is 2.61 bits per heavy atom. The molecule has 0 radical (unpaired) electrons. The number of nitrogens with zero attached hydrogens (tertiary/aromatic N) is 4. The molecule has 5 rings (SSSR count). The van der Waals surface area contributed by atoms with Gasteiger partial charge in [0, 0.05) is 57.5 Å². The number of rotatable bonds is 6. The van der Waals surface area contributed by atoms with Crippen LogP contribution < -0.4 is 10.2 Å². The molecular weight excluding hydrogens is 556 g/mol. The first-order valence-corrected chi connectivity index (χ1v) is 13.1. The Bertz CT molecular complexity index is 1100. The van der Waals surface area contributed by atoms with Crippen molar-refractivity contribution in [2.24, 2.45) is 0 Å². The molecule has 12 heteroatoms. The number of fused-ring (bicyclic) bond motifs is 1. The van der Waals surface area contributed by atoms with Crippen molar-refractivity contribution in [1.82, 2.24) is 20.2 Å². The minimum absolute atomic E-state index is 0. The van der Waals surface area contributed by atoms with Crippen molar-refractivity contribution in [3.8, 4) is 0 Å². The van der Waals surface area contributed by atoms with Crippen LogP contribution in [-0.2, 0) is 9.53 Å². The van der Waals surface area contributed by atoms with Crippen molar-refractivity contribution < 1.29 is 19.0 Å². The summed E-state index contributed by atoms with van der Waals surface area (Å²) in [6, 6.07) is 4.92. The Balaban J connectivity index is 0.00000200. The zero-order valence-corrected chi connectivity index (χ0v) is 23.7. The number of amides is 1. The van der Waals surface area contributed by atoms with Crippen LogP contribution >= 0.6 is 36.4 Å². The van der Waals surface area contributed by atoms with Crippen molar-refractivity contribution in [2.75, 3.05) is 50.8 Å². The lowest BCUT2D eigenvalue weighted by atomic mass is 9.95. The molecule has 1 aromatic heterocycles. The number of nitrogens with one attached hydrogen (secondary N) is 1. The van der Waals surface area contributed by atoms with Gasteiger partial charge in [0.15, 0.2) is 0 Å². The topological polar surface area (TPSA) is 90.8 Å². The second-order valence-corrected chi connectivity index (χ2v) is 10.4. The number of aromatic nitrogens is 2. The van der Waals surface area contributed by atoms with E-state index in [2.05, 4.69) is 27.1 Å². The zero-order chi connectivity index (χ0) is 25.2. The predicted molar refractivity (Wildman–Crippen MR) is 149 cm³/mol. The van der Waals surface area contributed by atoms with Crippen LogP contribution in [-0.4, -0.2) is 77.9 Å². The summed E-state index contributed by atoms with van der Waals surface area (Å²) < 4.78 is 19.8. The van der Waals surface area contributed by atoms with E-state index < -0.39 is 17.8 Å². The monoisotopic (exact) mass is 589 g/mol. The fraction of sp³-hybridized carbons (Fsp3) is 0.577. The minimum Gasteiger partial charge on any atom is -0.387 e. The molecule has 8 nitrogen and oxygen atoms in total. The van der Waals surface area contributed by atoms with Crippen LogP contribution in [0.2, 0.25) is 5.02 Å². The molecule has 3 heterocycles. The molecule has 2 aliphatic heterocycles. The second-order valence-electron chi connectivity index (χ2n) is 9.98. The zero-order valence-electron chi connectivity index (χ0n) is 21.3. The summed E-state index contributed by atoms with van der Waals surface area (Å²) in [5.41, 5.74) is 2.36. The lowest BCUT2D eigenvalue weighted by molar-refractivity contribution is -0.133. The number of halogens is 4. The van der Waals surface area contributed by atoms with Gasteiger partial charge in [-0.2, -0.15) is 0 Å². The van der Waals surface area contributed by atoms with Gasteiger partial charge in [-0.3, -0.25) is 4.79 Å². The van der Waals surface area contributed by atoms with Gasteiger partial charge in [-0.15, -0.1) is 24.8 Å². The van der Waals surface area contributed by atoms with Crippen molar-refractivity contribution >= 4 is 48.1 Å². The van der Waals surface area contributed by atoms with Gasteiger partial charge in [0.1, 0.15) is 18.0 Å². The molecule has 210 valence electrons. The Kier molecular flexibility index (Phi) is 11.0. The number of anilines is 1. The normalized spacial score (nSPS) is 22.3. The highest BCUT2D eigenvalue weighted by Crippen LogP contribution is 2.42. The van der Waals surface area contributed by atoms with Crippen LogP contribution in [0.4, 0.5) is 10.2 Å². The second kappa shape index (κ2) is 13.5. The number of carbonyl (C=O) groups excluding carboxylic acids is 1. The Labute approximate surface area is 240 Å². The van der Waals surface area contributed by atoms with Crippen molar-refractivity contribution in [3.63, 3.8) is 0 Å². The maximum absolute atomic E-state index is 14.3. The molecule has 2 aromatic rings. The molecule has 0 bridgehead atoms. The number of carbonyl (C=O) groups is 1. The van der Waals surface area contributed by atoms with E-state index in [1.54, 1.807) is 6.07 Å². The van der Waals surface area contributed by atoms with E-state index in [-0.39, 0.29) is 47.7 Å². The fourth-order valence-corrected chi connectivity index (χ4v) is 5.69. The van der Waals surface area contributed by atoms with Crippen molar-refractivity contribution in [2.45, 2.75) is 50.2 Å². The van der Waals surface area contributed by atoms with Crippen LogP contribution in [0.15, 0.2) is 24.5 Å². The number of hydrogen-bond donors (Lipinski definition) is 2. The van der Waals surface area contributed by atoms with Crippen molar-refractivity contribution in [1.29, 1.82) is 0 Å². The number of benzene rings is 1. The third kappa shape index (κ3) is 6.51. The van der Waals surface area contributed by atoms with Crippen LogP contribution in [0.5, 0.6) is 0 Å². The highest BCUT2D eigenvalue weighted by atomic mass is 35.5. The summed E-state index contributed by atoms with van der Waals surface area (Å²) in [5.74, 6) is -0.00555. The maximum Gasteiger partial charge on any atom is 0.231 e. The maximum atomic E-state index is 14.3. The van der Waals surface area contributed by atoms with Crippen molar-refractivity contribution in [3.05, 3.63) is 52.2 Å². The van der Waals surface area contributed by atoms with Gasteiger partial charge in [0.2, 0.25) is 5.91 Å². The molecule has 0 spiro atoms. The first kappa shape index (κ1) is 30.8. The highest BCUT2D eigenvalue weighted by molar-refractivity contribution is 6.30. The lowest BCUT2D eigenvalue weighted by Crippen LogP contribution is -2.52. The first-order chi connectivity index (χ1) is 17.4. The minimum atomic E-state index is -0.552. The Morgan fingerprint density at radius 2 is 1.92 bits per heavy atom. The largest absolute Gasteiger partial charge is 0.387 e. The predicted octanol–water partition coefficient (Wildman–Crippen LogP) is 3.85. The molecule has 0 unspecified atom stereocenters. The SMILES string of the molecule is C[C@@H]1C[C@@H](O)c2ncnc(N3CCN(C(=O)[C@H](CNC4CCOCC4)c4ccc(Cl)c(F)c4)CC3)c21.Cl.Cl. The summed E-state index contributed by atoms with van der Waals surface area (Å²) in [6.45, 7) is 6.27. The molecule has 1 amide bonds. The average molecular weight is 591 g/mol. The molecule has 2 saturated heterocycles. The van der Waals surface area contributed by atoms with Crippen LogP contribution in [0.3, 0.4) is 0 Å². The fourth-order valence-electron chi connectivity index (χ4n) is 5.58.